The van der Waals surface area contributed by atoms with Crippen molar-refractivity contribution in [2.75, 3.05) is 13.2 Å². The number of ether oxygens (including phenoxy) is 2. The molecule has 0 bridgehead atoms. The third-order valence-corrected chi connectivity index (χ3v) is 4.71. The highest BCUT2D eigenvalue weighted by Gasteiger charge is 2.23. The van der Waals surface area contributed by atoms with E-state index < -0.39 is 0 Å². The first kappa shape index (κ1) is 19.5. The summed E-state index contributed by atoms with van der Waals surface area (Å²) in [7, 11) is 0. The molecule has 0 fully saturated rings. The lowest BCUT2D eigenvalue weighted by atomic mass is 9.95. The Labute approximate surface area is 157 Å². The summed E-state index contributed by atoms with van der Waals surface area (Å²) in [5.41, 5.74) is 6.95. The van der Waals surface area contributed by atoms with Crippen LogP contribution in [0.15, 0.2) is 23.6 Å². The fraction of sp³-hybridized carbons (Fsp3) is 0.412. The molecule has 1 aliphatic rings. The molecule has 1 aromatic heterocycles. The number of amides is 1. The van der Waals surface area contributed by atoms with Crippen molar-refractivity contribution in [2.24, 2.45) is 11.7 Å². The molecule has 0 aliphatic carbocycles. The number of carbonyl (C=O) groups is 1. The molecule has 1 amide bonds. The van der Waals surface area contributed by atoms with Crippen molar-refractivity contribution < 1.29 is 14.3 Å². The minimum Gasteiger partial charge on any atom is -0.486 e. The second kappa shape index (κ2) is 8.51. The van der Waals surface area contributed by atoms with Gasteiger partial charge in [-0.25, -0.2) is 4.98 Å². The number of fused-ring (bicyclic) bond motifs is 1. The fourth-order valence-electron chi connectivity index (χ4n) is 2.61. The van der Waals surface area contributed by atoms with Crippen molar-refractivity contribution in [1.82, 2.24) is 10.3 Å². The van der Waals surface area contributed by atoms with E-state index >= 15 is 0 Å². The summed E-state index contributed by atoms with van der Waals surface area (Å²) in [6.45, 7) is 5.57. The van der Waals surface area contributed by atoms with Crippen LogP contribution in [0.25, 0.3) is 0 Å². The van der Waals surface area contributed by atoms with Crippen LogP contribution in [0, 0.1) is 5.92 Å². The molecule has 3 rings (SSSR count). The van der Waals surface area contributed by atoms with Crippen LogP contribution in [-0.2, 0) is 6.54 Å². The Morgan fingerprint density at radius 3 is 2.68 bits per heavy atom. The molecule has 1 aliphatic heterocycles. The maximum atomic E-state index is 12.5. The number of benzene rings is 1. The molecule has 3 N–H and O–H groups in total. The first-order chi connectivity index (χ1) is 11.6. The predicted octanol–water partition coefficient (Wildman–Crippen LogP) is 2.92. The van der Waals surface area contributed by atoms with Crippen LogP contribution in [0.5, 0.6) is 11.5 Å². The molecule has 1 aromatic carbocycles. The van der Waals surface area contributed by atoms with Crippen LogP contribution in [0.4, 0.5) is 0 Å². The summed E-state index contributed by atoms with van der Waals surface area (Å²) < 4.78 is 11.2. The van der Waals surface area contributed by atoms with Crippen molar-refractivity contribution in [2.45, 2.75) is 26.4 Å². The van der Waals surface area contributed by atoms with E-state index in [4.69, 9.17) is 15.2 Å². The van der Waals surface area contributed by atoms with Crippen LogP contribution < -0.4 is 20.5 Å². The highest BCUT2D eigenvalue weighted by atomic mass is 35.5. The van der Waals surface area contributed by atoms with Crippen LogP contribution in [0.2, 0.25) is 0 Å². The maximum Gasteiger partial charge on any atom is 0.271 e. The van der Waals surface area contributed by atoms with Gasteiger partial charge in [-0.2, -0.15) is 0 Å². The predicted molar refractivity (Wildman–Crippen MR) is 99.7 cm³/mol. The molecule has 2 heterocycles. The van der Waals surface area contributed by atoms with Crippen molar-refractivity contribution in [3.05, 3.63) is 39.8 Å². The number of nitrogens with zero attached hydrogens (tertiary/aromatic N) is 1. The molecule has 25 heavy (non-hydrogen) atoms. The summed E-state index contributed by atoms with van der Waals surface area (Å²) in [5, 5.41) is 5.55. The van der Waals surface area contributed by atoms with Gasteiger partial charge in [0.2, 0.25) is 0 Å². The largest absolute Gasteiger partial charge is 0.486 e. The Morgan fingerprint density at radius 2 is 2.04 bits per heavy atom. The molecule has 0 saturated heterocycles. The second-order valence-corrected chi connectivity index (χ2v) is 6.87. The van der Waals surface area contributed by atoms with Crippen LogP contribution in [0.3, 0.4) is 0 Å². The summed E-state index contributed by atoms with van der Waals surface area (Å²) >= 11 is 1.39. The van der Waals surface area contributed by atoms with Gasteiger partial charge in [0.15, 0.2) is 11.5 Å². The lowest BCUT2D eigenvalue weighted by Gasteiger charge is -2.25. The zero-order chi connectivity index (χ0) is 17.1. The van der Waals surface area contributed by atoms with Gasteiger partial charge < -0.3 is 20.5 Å². The Kier molecular flexibility index (Phi) is 6.64. The average Bonchev–Trinajstić information content (AvgIpc) is 3.08. The minimum atomic E-state index is -0.195. The first-order valence-electron chi connectivity index (χ1n) is 7.93. The number of carbonyl (C=O) groups excluding carboxylic acids is 1. The first-order valence-corrected chi connectivity index (χ1v) is 8.81. The molecular weight excluding hydrogens is 362 g/mol. The average molecular weight is 384 g/mol. The smallest absolute Gasteiger partial charge is 0.271 e. The van der Waals surface area contributed by atoms with Gasteiger partial charge >= 0.3 is 0 Å². The lowest BCUT2D eigenvalue weighted by molar-refractivity contribution is 0.0920. The van der Waals surface area contributed by atoms with E-state index in [2.05, 4.69) is 24.1 Å². The van der Waals surface area contributed by atoms with Crippen molar-refractivity contribution in [3.63, 3.8) is 0 Å². The molecule has 0 spiro atoms. The van der Waals surface area contributed by atoms with Crippen LogP contribution in [0.1, 0.15) is 40.9 Å². The Hall–Kier alpha value is -1.83. The standard InChI is InChI=1S/C17H21N3O3S.ClH/c1-10(2)16(20-17(21)12-9-24-15(8-18)19-12)11-3-4-13-14(7-11)23-6-5-22-13;/h3-4,7,9-10,16H,5-6,8,18H2,1-2H3,(H,20,21);1H. The summed E-state index contributed by atoms with van der Waals surface area (Å²) in [5.74, 6) is 1.48. The highest BCUT2D eigenvalue weighted by Crippen LogP contribution is 2.34. The van der Waals surface area contributed by atoms with Crippen LogP contribution in [-0.4, -0.2) is 24.1 Å². The van der Waals surface area contributed by atoms with Gasteiger partial charge in [-0.3, -0.25) is 4.79 Å². The minimum absolute atomic E-state index is 0. The number of rotatable bonds is 5. The molecule has 8 heteroatoms. The zero-order valence-electron chi connectivity index (χ0n) is 14.2. The van der Waals surface area contributed by atoms with Gasteiger partial charge in [-0.1, -0.05) is 19.9 Å². The van der Waals surface area contributed by atoms with E-state index in [9.17, 15) is 4.79 Å². The van der Waals surface area contributed by atoms with Crippen LogP contribution >= 0.6 is 23.7 Å². The number of thiazole rings is 1. The number of nitrogens with two attached hydrogens (primary N) is 1. The molecule has 2 aromatic rings. The van der Waals surface area contributed by atoms with E-state index in [0.717, 1.165) is 22.1 Å². The Morgan fingerprint density at radius 1 is 1.32 bits per heavy atom. The van der Waals surface area contributed by atoms with Gasteiger partial charge in [-0.05, 0) is 23.6 Å². The highest BCUT2D eigenvalue weighted by molar-refractivity contribution is 7.09. The van der Waals surface area contributed by atoms with Gasteiger partial charge in [0, 0.05) is 11.9 Å². The van der Waals surface area contributed by atoms with Gasteiger partial charge in [0.05, 0.1) is 6.04 Å². The summed E-state index contributed by atoms with van der Waals surface area (Å²) in [6, 6.07) is 5.65. The zero-order valence-corrected chi connectivity index (χ0v) is 15.8. The van der Waals surface area contributed by atoms with E-state index in [1.54, 1.807) is 5.38 Å². The molecule has 136 valence electrons. The SMILES string of the molecule is CC(C)C(NC(=O)c1csc(CN)n1)c1ccc2c(c1)OCCO2.Cl. The monoisotopic (exact) mass is 383 g/mol. The summed E-state index contributed by atoms with van der Waals surface area (Å²) in [6.07, 6.45) is 0. The fourth-order valence-corrected chi connectivity index (χ4v) is 3.27. The molecule has 6 nitrogen and oxygen atoms in total. The van der Waals surface area contributed by atoms with Crippen molar-refractivity contribution >= 4 is 29.7 Å². The molecule has 0 radical (unpaired) electrons. The lowest BCUT2D eigenvalue weighted by Crippen LogP contribution is -2.32. The van der Waals surface area contributed by atoms with Gasteiger partial charge in [0.25, 0.3) is 5.91 Å². The molecular formula is C17H22ClN3O3S. The van der Waals surface area contributed by atoms with E-state index in [0.29, 0.717) is 25.5 Å². The third-order valence-electron chi connectivity index (χ3n) is 3.84. The quantitative estimate of drug-likeness (QED) is 0.828. The number of hydrogen-bond acceptors (Lipinski definition) is 6. The van der Waals surface area contributed by atoms with E-state index in [1.165, 1.54) is 11.3 Å². The third kappa shape index (κ3) is 4.42. The van der Waals surface area contributed by atoms with E-state index in [-0.39, 0.29) is 30.3 Å². The van der Waals surface area contributed by atoms with E-state index in [1.807, 2.05) is 18.2 Å². The topological polar surface area (TPSA) is 86.5 Å². The Balaban J connectivity index is 0.00000225. The maximum absolute atomic E-state index is 12.5. The second-order valence-electron chi connectivity index (χ2n) is 5.93. The number of halogens is 1. The molecule has 1 atom stereocenters. The van der Waals surface area contributed by atoms with Crippen molar-refractivity contribution in [1.29, 1.82) is 0 Å². The number of nitrogens with one attached hydrogen (secondary N) is 1. The molecule has 1 unspecified atom stereocenters. The van der Waals surface area contributed by atoms with Gasteiger partial charge in [-0.15, -0.1) is 23.7 Å². The number of hydrogen-bond donors (Lipinski definition) is 2. The normalized spacial score (nSPS) is 13.9. The molecule has 0 saturated carbocycles. The number of aromatic nitrogens is 1. The van der Waals surface area contributed by atoms with Gasteiger partial charge in [0.1, 0.15) is 23.9 Å². The Bertz CT molecular complexity index is 736. The summed E-state index contributed by atoms with van der Waals surface area (Å²) in [4.78, 5) is 16.7. The van der Waals surface area contributed by atoms with Crippen molar-refractivity contribution in [3.8, 4) is 11.5 Å².